The van der Waals surface area contributed by atoms with Crippen LogP contribution in [0.3, 0.4) is 0 Å². The highest BCUT2D eigenvalue weighted by atomic mass is 16.4. The highest BCUT2D eigenvalue weighted by Gasteiger charge is 2.16. The number of aryl methyl sites for hydroxylation is 1. The number of hydrogen-bond donors (Lipinski definition) is 1. The summed E-state index contributed by atoms with van der Waals surface area (Å²) in [6, 6.07) is 8.24. The van der Waals surface area contributed by atoms with Gasteiger partial charge in [-0.2, -0.15) is 0 Å². The van der Waals surface area contributed by atoms with Crippen LogP contribution in [0.4, 0.5) is 0 Å². The molecule has 0 spiro atoms. The largest absolute Gasteiger partial charge is 0.419 e. The highest BCUT2D eigenvalue weighted by Crippen LogP contribution is 2.22. The van der Waals surface area contributed by atoms with Crippen LogP contribution in [0, 0.1) is 6.92 Å². The van der Waals surface area contributed by atoms with Gasteiger partial charge in [0.05, 0.1) is 6.04 Å². The van der Waals surface area contributed by atoms with Gasteiger partial charge >= 0.3 is 0 Å². The second-order valence-corrected chi connectivity index (χ2v) is 4.73. The summed E-state index contributed by atoms with van der Waals surface area (Å²) in [7, 11) is 0. The second kappa shape index (κ2) is 6.48. The second-order valence-electron chi connectivity index (χ2n) is 4.73. The van der Waals surface area contributed by atoms with Crippen LogP contribution in [0.2, 0.25) is 0 Å². The fourth-order valence-electron chi connectivity index (χ4n) is 1.99. The first-order chi connectivity index (χ1) is 9.24. The highest BCUT2D eigenvalue weighted by molar-refractivity contribution is 5.53. The van der Waals surface area contributed by atoms with Crippen molar-refractivity contribution >= 4 is 0 Å². The molecule has 1 aromatic carbocycles. The van der Waals surface area contributed by atoms with E-state index in [9.17, 15) is 0 Å². The Kier molecular flexibility index (Phi) is 4.68. The van der Waals surface area contributed by atoms with Gasteiger partial charge in [0.15, 0.2) is 0 Å². The molecule has 0 aliphatic heterocycles. The molecule has 1 unspecified atom stereocenters. The summed E-state index contributed by atoms with van der Waals surface area (Å²) in [5.41, 5.74) is 2.16. The van der Waals surface area contributed by atoms with Gasteiger partial charge < -0.3 is 9.73 Å². The zero-order chi connectivity index (χ0) is 13.7. The number of rotatable bonds is 6. The molecular weight excluding hydrogens is 238 g/mol. The summed E-state index contributed by atoms with van der Waals surface area (Å²) < 4.78 is 5.79. The van der Waals surface area contributed by atoms with Crippen LogP contribution in [0.15, 0.2) is 28.7 Å². The molecule has 1 heterocycles. The molecule has 4 nitrogen and oxygen atoms in total. The van der Waals surface area contributed by atoms with Crippen molar-refractivity contribution in [3.63, 3.8) is 0 Å². The van der Waals surface area contributed by atoms with Crippen LogP contribution in [0.5, 0.6) is 0 Å². The van der Waals surface area contributed by atoms with Crippen LogP contribution < -0.4 is 5.32 Å². The molecule has 102 valence electrons. The monoisotopic (exact) mass is 259 g/mol. The van der Waals surface area contributed by atoms with Gasteiger partial charge in [0.2, 0.25) is 11.8 Å². The van der Waals surface area contributed by atoms with Crippen LogP contribution in [0.1, 0.15) is 44.2 Å². The van der Waals surface area contributed by atoms with Crippen LogP contribution in [-0.4, -0.2) is 16.7 Å². The fourth-order valence-corrected chi connectivity index (χ4v) is 1.99. The van der Waals surface area contributed by atoms with Gasteiger partial charge in [-0.1, -0.05) is 31.5 Å². The molecule has 2 aromatic rings. The third-order valence-electron chi connectivity index (χ3n) is 3.05. The lowest BCUT2D eigenvalue weighted by Gasteiger charge is -2.11. The number of aromatic nitrogens is 2. The van der Waals surface area contributed by atoms with Gasteiger partial charge in [-0.15, -0.1) is 10.2 Å². The van der Waals surface area contributed by atoms with Gasteiger partial charge in [-0.3, -0.25) is 0 Å². The molecule has 0 fully saturated rings. The molecular formula is C15H21N3O. The molecule has 0 amide bonds. The van der Waals surface area contributed by atoms with Crippen LogP contribution in [-0.2, 0) is 0 Å². The summed E-state index contributed by atoms with van der Waals surface area (Å²) >= 11 is 0. The average Bonchev–Trinajstić information content (AvgIpc) is 2.89. The van der Waals surface area contributed by atoms with Gasteiger partial charge in [0.1, 0.15) is 0 Å². The molecule has 4 heteroatoms. The van der Waals surface area contributed by atoms with E-state index in [0.29, 0.717) is 11.8 Å². The smallest absolute Gasteiger partial charge is 0.247 e. The lowest BCUT2D eigenvalue weighted by molar-refractivity contribution is 0.396. The quantitative estimate of drug-likeness (QED) is 0.862. The lowest BCUT2D eigenvalue weighted by atomic mass is 10.1. The Morgan fingerprint density at radius 3 is 2.79 bits per heavy atom. The average molecular weight is 259 g/mol. The number of nitrogens with zero attached hydrogens (tertiary/aromatic N) is 2. The zero-order valence-corrected chi connectivity index (χ0v) is 11.8. The Morgan fingerprint density at radius 1 is 1.26 bits per heavy atom. The Balaban J connectivity index is 2.18. The van der Waals surface area contributed by atoms with Crippen molar-refractivity contribution in [1.82, 2.24) is 15.5 Å². The van der Waals surface area contributed by atoms with Crippen molar-refractivity contribution in [1.29, 1.82) is 0 Å². The molecule has 0 aliphatic carbocycles. The summed E-state index contributed by atoms with van der Waals surface area (Å²) in [4.78, 5) is 0. The van der Waals surface area contributed by atoms with Gasteiger partial charge in [0, 0.05) is 5.56 Å². The molecule has 0 aliphatic rings. The SMILES string of the molecule is CCCNC(CC)c1nnc(-c2cccc(C)c2)o1. The maximum Gasteiger partial charge on any atom is 0.247 e. The molecule has 1 N–H and O–H groups in total. The molecule has 2 rings (SSSR count). The first kappa shape index (κ1) is 13.7. The normalized spacial score (nSPS) is 12.6. The summed E-state index contributed by atoms with van der Waals surface area (Å²) in [6.07, 6.45) is 2.03. The third-order valence-corrected chi connectivity index (χ3v) is 3.05. The van der Waals surface area contributed by atoms with Crippen molar-refractivity contribution in [2.24, 2.45) is 0 Å². The summed E-state index contributed by atoms with van der Waals surface area (Å²) in [6.45, 7) is 7.27. The number of nitrogens with one attached hydrogen (secondary N) is 1. The van der Waals surface area contributed by atoms with Crippen molar-refractivity contribution in [2.75, 3.05) is 6.54 Å². The molecule has 19 heavy (non-hydrogen) atoms. The number of hydrogen-bond acceptors (Lipinski definition) is 4. The lowest BCUT2D eigenvalue weighted by Crippen LogP contribution is -2.21. The predicted molar refractivity (Wildman–Crippen MR) is 75.8 cm³/mol. The minimum Gasteiger partial charge on any atom is -0.419 e. The first-order valence-corrected chi connectivity index (χ1v) is 6.88. The number of benzene rings is 1. The van der Waals surface area contributed by atoms with E-state index >= 15 is 0 Å². The van der Waals surface area contributed by atoms with E-state index in [1.165, 1.54) is 5.56 Å². The maximum atomic E-state index is 5.79. The molecule has 0 bridgehead atoms. The standard InChI is InChI=1S/C15H21N3O/c1-4-9-16-13(5-2)15-18-17-14(19-15)12-8-6-7-11(3)10-12/h6-8,10,13,16H,4-5,9H2,1-3H3. The minimum atomic E-state index is 0.144. The summed E-state index contributed by atoms with van der Waals surface area (Å²) in [5.74, 6) is 1.27. The third kappa shape index (κ3) is 3.41. The van der Waals surface area contributed by atoms with E-state index < -0.39 is 0 Å². The van der Waals surface area contributed by atoms with Crippen molar-refractivity contribution in [3.05, 3.63) is 35.7 Å². The Bertz CT molecular complexity index is 522. The van der Waals surface area contributed by atoms with Gasteiger partial charge in [0.25, 0.3) is 0 Å². The topological polar surface area (TPSA) is 51.0 Å². The molecule has 1 aromatic heterocycles. The van der Waals surface area contributed by atoms with Crippen molar-refractivity contribution in [3.8, 4) is 11.5 Å². The van der Waals surface area contributed by atoms with Crippen LogP contribution >= 0.6 is 0 Å². The van der Waals surface area contributed by atoms with E-state index in [4.69, 9.17) is 4.42 Å². The first-order valence-electron chi connectivity index (χ1n) is 6.88. The van der Waals surface area contributed by atoms with E-state index in [1.54, 1.807) is 0 Å². The Labute approximate surface area is 114 Å². The van der Waals surface area contributed by atoms with E-state index in [0.717, 1.165) is 24.9 Å². The predicted octanol–water partition coefficient (Wildman–Crippen LogP) is 3.50. The Hall–Kier alpha value is -1.68. The molecule has 0 saturated carbocycles. The van der Waals surface area contributed by atoms with Gasteiger partial charge in [-0.05, 0) is 38.4 Å². The zero-order valence-electron chi connectivity index (χ0n) is 11.8. The van der Waals surface area contributed by atoms with E-state index in [-0.39, 0.29) is 6.04 Å². The minimum absolute atomic E-state index is 0.144. The van der Waals surface area contributed by atoms with Crippen molar-refractivity contribution < 1.29 is 4.42 Å². The van der Waals surface area contributed by atoms with E-state index in [2.05, 4.69) is 48.4 Å². The fraction of sp³-hybridized carbons (Fsp3) is 0.467. The molecule has 1 atom stereocenters. The van der Waals surface area contributed by atoms with Crippen LogP contribution in [0.25, 0.3) is 11.5 Å². The van der Waals surface area contributed by atoms with E-state index in [1.807, 2.05) is 12.1 Å². The van der Waals surface area contributed by atoms with Gasteiger partial charge in [-0.25, -0.2) is 0 Å². The summed E-state index contributed by atoms with van der Waals surface area (Å²) in [5, 5.41) is 11.7. The molecule has 0 saturated heterocycles. The molecule has 0 radical (unpaired) electrons. The maximum absolute atomic E-state index is 5.79. The Morgan fingerprint density at radius 2 is 2.11 bits per heavy atom. The van der Waals surface area contributed by atoms with Crippen molar-refractivity contribution in [2.45, 2.75) is 39.7 Å².